The second-order valence-electron chi connectivity index (χ2n) is 7.76. The Morgan fingerprint density at radius 3 is 2.51 bits per heavy atom. The first-order chi connectivity index (χ1) is 16.9. The van der Waals surface area contributed by atoms with Gasteiger partial charge in [0.05, 0.1) is 23.3 Å². The van der Waals surface area contributed by atoms with E-state index in [0.29, 0.717) is 58.1 Å². The molecule has 0 atom stereocenters. The van der Waals surface area contributed by atoms with Gasteiger partial charge >= 0.3 is 0 Å². The smallest absolute Gasteiger partial charge is 0.267 e. The number of amides is 3. The molecule has 2 heterocycles. The molecule has 2 aliphatic rings. The summed E-state index contributed by atoms with van der Waals surface area (Å²) >= 11 is 6.55. The summed E-state index contributed by atoms with van der Waals surface area (Å²) in [6.45, 7) is 3.27. The van der Waals surface area contributed by atoms with E-state index in [-0.39, 0.29) is 23.9 Å². The maximum atomic E-state index is 13.5. The second kappa shape index (κ2) is 11.0. The molecule has 182 valence electrons. The van der Waals surface area contributed by atoms with Gasteiger partial charge in [0.15, 0.2) is 0 Å². The molecule has 0 radical (unpaired) electrons. The number of carbonyl (C=O) groups excluding carboxylic acids is 3. The van der Waals surface area contributed by atoms with Gasteiger partial charge in [0.2, 0.25) is 5.91 Å². The van der Waals surface area contributed by atoms with Crippen molar-refractivity contribution in [2.75, 3.05) is 43.6 Å². The van der Waals surface area contributed by atoms with Crippen molar-refractivity contribution in [3.63, 3.8) is 0 Å². The van der Waals surface area contributed by atoms with Crippen LogP contribution in [0.25, 0.3) is 5.57 Å². The molecule has 1 fully saturated rings. The molecule has 3 amide bonds. The predicted molar refractivity (Wildman–Crippen MR) is 140 cm³/mol. The number of benzene rings is 2. The Kier molecular flexibility index (Phi) is 7.84. The average Bonchev–Trinajstić information content (AvgIpc) is 3.29. The molecule has 0 aromatic heterocycles. The molecule has 0 aliphatic carbocycles. The third kappa shape index (κ3) is 5.24. The number of anilines is 2. The molecule has 8 nitrogen and oxygen atoms in total. The van der Waals surface area contributed by atoms with Gasteiger partial charge in [0, 0.05) is 31.0 Å². The quantitative estimate of drug-likeness (QED) is 0.312. The van der Waals surface area contributed by atoms with E-state index < -0.39 is 5.91 Å². The lowest BCUT2D eigenvalue weighted by Crippen LogP contribution is -2.35. The minimum atomic E-state index is -0.397. The molecule has 0 bridgehead atoms. The van der Waals surface area contributed by atoms with Gasteiger partial charge < -0.3 is 14.8 Å². The number of hydrogen-bond acceptors (Lipinski definition) is 7. The van der Waals surface area contributed by atoms with Crippen LogP contribution in [0, 0.1) is 0 Å². The van der Waals surface area contributed by atoms with Crippen LogP contribution in [0.2, 0.25) is 0 Å². The molecule has 4 rings (SSSR count). The van der Waals surface area contributed by atoms with Crippen molar-refractivity contribution in [2.24, 2.45) is 0 Å². The van der Waals surface area contributed by atoms with Gasteiger partial charge in [-0.2, -0.15) is 0 Å². The lowest BCUT2D eigenvalue weighted by atomic mass is 10.1. The normalized spacial score (nSPS) is 17.3. The van der Waals surface area contributed by atoms with Gasteiger partial charge in [-0.3, -0.25) is 24.2 Å². The van der Waals surface area contributed by atoms with Crippen molar-refractivity contribution in [3.8, 4) is 5.75 Å². The molecule has 10 heteroatoms. The molecule has 1 saturated heterocycles. The zero-order chi connectivity index (χ0) is 24.9. The Morgan fingerprint density at radius 2 is 1.80 bits per heavy atom. The van der Waals surface area contributed by atoms with Crippen LogP contribution in [0.15, 0.2) is 53.4 Å². The van der Waals surface area contributed by atoms with Crippen LogP contribution in [0.5, 0.6) is 5.75 Å². The number of thioether (sulfide) groups is 1. The highest BCUT2D eigenvalue weighted by molar-refractivity contribution is 8.26. The number of carbonyl (C=O) groups is 3. The summed E-state index contributed by atoms with van der Waals surface area (Å²) in [7, 11) is 1.57. The minimum absolute atomic E-state index is 0.194. The molecule has 0 saturated carbocycles. The predicted octanol–water partition coefficient (Wildman–Crippen LogP) is 3.68. The summed E-state index contributed by atoms with van der Waals surface area (Å²) in [5, 5.41) is 2.79. The number of thiocarbonyl (C=S) groups is 1. The number of fused-ring (bicyclic) bond motifs is 1. The summed E-state index contributed by atoms with van der Waals surface area (Å²) in [6, 6.07) is 14.1. The summed E-state index contributed by atoms with van der Waals surface area (Å²) in [5.41, 5.74) is 2.06. The number of para-hydroxylation sites is 1. The van der Waals surface area contributed by atoms with Crippen LogP contribution in [0.4, 0.5) is 11.4 Å². The number of hydrogen-bond donors (Lipinski definition) is 1. The first kappa shape index (κ1) is 24.9. The maximum absolute atomic E-state index is 13.5. The van der Waals surface area contributed by atoms with E-state index in [1.165, 1.54) is 9.80 Å². The molecule has 2 aromatic rings. The van der Waals surface area contributed by atoms with E-state index in [0.717, 1.165) is 11.8 Å². The van der Waals surface area contributed by atoms with Gasteiger partial charge in [-0.1, -0.05) is 42.2 Å². The highest BCUT2D eigenvalue weighted by atomic mass is 32.2. The van der Waals surface area contributed by atoms with Gasteiger partial charge in [0.1, 0.15) is 16.6 Å². The number of nitrogens with one attached hydrogen (secondary N) is 1. The van der Waals surface area contributed by atoms with Crippen LogP contribution in [-0.4, -0.2) is 60.4 Å². The lowest BCUT2D eigenvalue weighted by molar-refractivity contribution is -0.122. The zero-order valence-corrected chi connectivity index (χ0v) is 21.0. The van der Waals surface area contributed by atoms with Crippen LogP contribution >= 0.6 is 24.0 Å². The summed E-state index contributed by atoms with van der Waals surface area (Å²) < 4.78 is 10.9. The number of methoxy groups -OCH3 is 1. The highest BCUT2D eigenvalue weighted by Crippen LogP contribution is 2.44. The topological polar surface area (TPSA) is 88.2 Å². The lowest BCUT2D eigenvalue weighted by Gasteiger charge is -2.17. The van der Waals surface area contributed by atoms with E-state index in [9.17, 15) is 14.4 Å². The largest absolute Gasteiger partial charge is 0.497 e. The van der Waals surface area contributed by atoms with Crippen LogP contribution in [0.1, 0.15) is 18.9 Å². The fourth-order valence-corrected chi connectivity index (χ4v) is 5.27. The first-order valence-electron chi connectivity index (χ1n) is 11.2. The van der Waals surface area contributed by atoms with E-state index in [4.69, 9.17) is 21.7 Å². The molecule has 35 heavy (non-hydrogen) atoms. The third-order valence-corrected chi connectivity index (χ3v) is 7.00. The number of ether oxygens (including phenoxy) is 2. The molecule has 2 aromatic carbocycles. The minimum Gasteiger partial charge on any atom is -0.497 e. The summed E-state index contributed by atoms with van der Waals surface area (Å²) in [5.74, 6) is -0.375. The molecule has 0 spiro atoms. The van der Waals surface area contributed by atoms with Crippen molar-refractivity contribution >= 4 is 63.0 Å². The fraction of sp³-hybridized carbons (Fsp3) is 0.280. The molecule has 0 unspecified atom stereocenters. The molecular weight excluding hydrogens is 486 g/mol. The highest BCUT2D eigenvalue weighted by Gasteiger charge is 2.42. The Bertz CT molecular complexity index is 1200. The van der Waals surface area contributed by atoms with E-state index >= 15 is 0 Å². The zero-order valence-electron chi connectivity index (χ0n) is 19.4. The van der Waals surface area contributed by atoms with Crippen LogP contribution in [0.3, 0.4) is 0 Å². The summed E-state index contributed by atoms with van der Waals surface area (Å²) in [6.07, 6.45) is 0.644. The Labute approximate surface area is 213 Å². The average molecular weight is 512 g/mol. The van der Waals surface area contributed by atoms with Crippen molar-refractivity contribution < 1.29 is 23.9 Å². The van der Waals surface area contributed by atoms with Crippen LogP contribution < -0.4 is 15.0 Å². The standard InChI is InChI=1S/C25H25N3O5S2/c1-3-33-14-6-13-27-24(31)22(35-25(27)34)21-18-7-4-5-8-19(18)28(23(21)30)15-20(29)26-16-9-11-17(32-2)12-10-16/h4-5,7-12H,3,6,13-15H2,1-2H3,(H,26,29)/b22-21-. The van der Waals surface area contributed by atoms with Crippen molar-refractivity contribution in [2.45, 2.75) is 13.3 Å². The van der Waals surface area contributed by atoms with E-state index in [2.05, 4.69) is 5.32 Å². The van der Waals surface area contributed by atoms with E-state index in [1.807, 2.05) is 6.92 Å². The molecular formula is C25H25N3O5S2. The maximum Gasteiger partial charge on any atom is 0.267 e. The monoisotopic (exact) mass is 511 g/mol. The Hall–Kier alpha value is -3.21. The first-order valence-corrected chi connectivity index (χ1v) is 12.4. The SMILES string of the molecule is CCOCCCN1C(=O)/C(=C2/C(=O)N(CC(=O)Nc3ccc(OC)cc3)c3ccccc32)SC1=S. The van der Waals surface area contributed by atoms with Crippen molar-refractivity contribution in [1.82, 2.24) is 4.90 Å². The number of nitrogens with zero attached hydrogens (tertiary/aromatic N) is 2. The molecule has 2 aliphatic heterocycles. The van der Waals surface area contributed by atoms with Gasteiger partial charge in [-0.15, -0.1) is 0 Å². The van der Waals surface area contributed by atoms with Crippen molar-refractivity contribution in [3.05, 3.63) is 59.0 Å². The van der Waals surface area contributed by atoms with Gasteiger partial charge in [-0.25, -0.2) is 0 Å². The third-order valence-electron chi connectivity index (χ3n) is 5.55. The number of rotatable bonds is 9. The van der Waals surface area contributed by atoms with Crippen molar-refractivity contribution in [1.29, 1.82) is 0 Å². The molecule has 1 N–H and O–H groups in total. The van der Waals surface area contributed by atoms with Gasteiger partial charge in [-0.05, 0) is 43.7 Å². The van der Waals surface area contributed by atoms with Crippen LogP contribution in [-0.2, 0) is 19.1 Å². The Balaban J connectivity index is 1.55. The second-order valence-corrected chi connectivity index (χ2v) is 9.41. The Morgan fingerprint density at radius 1 is 1.06 bits per heavy atom. The van der Waals surface area contributed by atoms with E-state index in [1.54, 1.807) is 55.6 Å². The fourth-order valence-electron chi connectivity index (χ4n) is 3.89. The van der Waals surface area contributed by atoms with Gasteiger partial charge in [0.25, 0.3) is 11.8 Å². The summed E-state index contributed by atoms with van der Waals surface area (Å²) in [4.78, 5) is 42.7.